The molecule has 5 saturated carbocycles. The Morgan fingerprint density at radius 1 is 0.691 bits per heavy atom. The fourth-order valence-corrected chi connectivity index (χ4v) is 18.9. The van der Waals surface area contributed by atoms with Gasteiger partial charge in [-0.25, -0.2) is 13.9 Å². The minimum absolute atomic E-state index is 0.0196. The molecule has 3 aromatic rings. The molecule has 0 spiro atoms. The number of primary amides is 1. The highest BCUT2D eigenvalue weighted by atomic mass is 19.1. The van der Waals surface area contributed by atoms with Crippen LogP contribution in [-0.2, 0) is 67.3 Å². The van der Waals surface area contributed by atoms with Crippen LogP contribution in [0.25, 0.3) is 16.9 Å². The Morgan fingerprint density at radius 2 is 1.28 bits per heavy atom. The number of hydrogen-bond acceptors (Lipinski definition) is 20. The van der Waals surface area contributed by atoms with Crippen LogP contribution < -0.4 is 21.7 Å². The molecule has 0 bridgehead atoms. The predicted molar refractivity (Wildman–Crippen MR) is 408 cm³/mol. The first kappa shape index (κ1) is 87.6. The number of nitrogens with zero attached hydrogens (tertiary/aromatic N) is 5. The van der Waals surface area contributed by atoms with Crippen LogP contribution in [0.5, 0.6) is 0 Å². The number of nitrogens with one attached hydrogen (secondary N) is 3. The summed E-state index contributed by atoms with van der Waals surface area (Å²) in [7, 11) is 0. The van der Waals surface area contributed by atoms with Crippen LogP contribution in [0, 0.1) is 64.0 Å². The second-order valence-electron chi connectivity index (χ2n) is 34.6. The zero-order valence-electron chi connectivity index (χ0n) is 66.9. The standard InChI is InChI=1S/C82H128FN9O18/c1-51(2)12-11-13-52(3)60-24-25-61-59-23-18-55-46-58(26-29-81(55,9)62(59)27-30-82(60,61)10)110-68(94)48-65(73(84)99)87-67(93)28-34-104-36-38-106-40-42-108-44-45-109-43-41-107-39-37-105-35-31-85-75(100)71(97)69(95)70(96)72(98)76(101)86-57-21-16-54(17-22-57)77(102)90-32-33-91(80(7,8)50-90)78(103)66-49-92-74(88-66)63(79(4,5)6)47-64(89-92)53-14-19-56(83)20-15-53/h14-15,19-20,47,49,51-52,54-55,57-62,65,69-72,95-98H,11-13,16-18,21-46,48,50H2,1-10H3,(H2,84,99)(H,85,100)(H,86,101)(H,87,93)/t52-,54?,55-,57?,58+,59+,60-,61+,62+,65+,69-,70+,71+,72-,81+,82-/m1/s1. The molecule has 1 saturated heterocycles. The molecule has 0 radical (unpaired) electrons. The van der Waals surface area contributed by atoms with E-state index in [9.17, 15) is 58.4 Å². The smallest absolute Gasteiger partial charge is 0.308 e. The molecule has 6 fully saturated rings. The van der Waals surface area contributed by atoms with Crippen LogP contribution in [0.4, 0.5) is 4.39 Å². The Labute approximate surface area is 648 Å². The van der Waals surface area contributed by atoms with Gasteiger partial charge >= 0.3 is 5.97 Å². The zero-order valence-corrected chi connectivity index (χ0v) is 66.9. The van der Waals surface area contributed by atoms with Crippen LogP contribution in [0.1, 0.15) is 201 Å². The van der Waals surface area contributed by atoms with Crippen molar-refractivity contribution in [2.45, 2.75) is 238 Å². The summed E-state index contributed by atoms with van der Waals surface area (Å²) < 4.78 is 54.5. The number of carbonyl (C=O) groups excluding carboxylic acids is 7. The fraction of sp³-hybridized carbons (Fsp3) is 0.768. The molecule has 1 aliphatic heterocycles. The molecule has 28 heteroatoms. The molecule has 1 aromatic carbocycles. The number of hydrogen-bond donors (Lipinski definition) is 8. The summed E-state index contributed by atoms with van der Waals surface area (Å²) in [6.45, 7) is 25.9. The molecular weight excluding hydrogens is 1420 g/mol. The minimum atomic E-state index is -2.22. The van der Waals surface area contributed by atoms with E-state index in [2.05, 4.69) is 50.6 Å². The molecule has 2 aromatic heterocycles. The maximum atomic E-state index is 14.2. The third-order valence-electron chi connectivity index (χ3n) is 25.1. The number of amides is 6. The molecule has 6 aliphatic rings. The lowest BCUT2D eigenvalue weighted by molar-refractivity contribution is -0.163. The average molecular weight is 1550 g/mol. The summed E-state index contributed by atoms with van der Waals surface area (Å²) in [4.78, 5) is 101. The monoisotopic (exact) mass is 1550 g/mol. The molecule has 9 rings (SSSR count). The van der Waals surface area contributed by atoms with Crippen LogP contribution in [0.15, 0.2) is 36.5 Å². The number of rotatable bonds is 40. The number of esters is 1. The SMILES string of the molecule is CC(C)CCC[C@@H](C)[C@H]1CC[C@H]2[C@@H]3CC[C@@H]4C[C@@H](OC(=O)C[C@H](NC(=O)CCOCCOCCOCCOCCOCCOCCNC(=O)[C@@H](O)[C@H](O)[C@H](O)[C@@H](O)C(=O)NC5CCC(C(=O)N6CCN(C(=O)c7cn8nc(-c9ccc(F)cc9)cc(C(C)(C)C)c8n7)C(C)(C)C6)CC5)C(N)=O)CC[C@]4(C)[C@H]3CC[C@]12C. The number of fused-ring (bicyclic) bond motifs is 6. The second-order valence-corrected chi connectivity index (χ2v) is 34.6. The predicted octanol–water partition coefficient (Wildman–Crippen LogP) is 7.01. The lowest BCUT2D eigenvalue weighted by Crippen LogP contribution is -2.62. The molecule has 110 heavy (non-hydrogen) atoms. The minimum Gasteiger partial charge on any atom is -0.462 e. The van der Waals surface area contributed by atoms with Gasteiger partial charge in [-0.05, 0) is 185 Å². The van der Waals surface area contributed by atoms with Gasteiger partial charge in [-0.2, -0.15) is 5.10 Å². The number of piperazine rings is 1. The molecule has 3 heterocycles. The Kier molecular flexibility index (Phi) is 31.9. The van der Waals surface area contributed by atoms with Crippen molar-refractivity contribution in [3.63, 3.8) is 0 Å². The number of aliphatic hydroxyl groups excluding tert-OH is 4. The maximum absolute atomic E-state index is 14.2. The Balaban J connectivity index is 0.536. The van der Waals surface area contributed by atoms with E-state index in [0.29, 0.717) is 93.5 Å². The fourth-order valence-electron chi connectivity index (χ4n) is 18.9. The summed E-state index contributed by atoms with van der Waals surface area (Å²) in [5.74, 6) is 0.231. The molecule has 6 amide bonds. The van der Waals surface area contributed by atoms with E-state index in [0.717, 1.165) is 60.3 Å². The topological polar surface area (TPSA) is 364 Å². The second kappa shape index (κ2) is 40.1. The summed E-state index contributed by atoms with van der Waals surface area (Å²) in [6, 6.07) is 6.31. The lowest BCUT2D eigenvalue weighted by Gasteiger charge is -2.61. The van der Waals surface area contributed by atoms with Crippen LogP contribution in [-0.4, -0.2) is 240 Å². The molecule has 5 aliphatic carbocycles. The average Bonchev–Trinajstić information content (AvgIpc) is 1.42. The van der Waals surface area contributed by atoms with Gasteiger partial charge in [-0.15, -0.1) is 0 Å². The van der Waals surface area contributed by atoms with E-state index >= 15 is 0 Å². The van der Waals surface area contributed by atoms with E-state index in [4.69, 9.17) is 49.0 Å². The molecule has 27 nitrogen and oxygen atoms in total. The van der Waals surface area contributed by atoms with Crippen molar-refractivity contribution >= 4 is 47.1 Å². The number of halogens is 1. The number of aliphatic hydroxyl groups is 4. The number of carbonyl (C=O) groups is 7. The quantitative estimate of drug-likeness (QED) is 0.0209. The van der Waals surface area contributed by atoms with Gasteiger partial charge in [0.05, 0.1) is 103 Å². The van der Waals surface area contributed by atoms with E-state index < -0.39 is 71.6 Å². The first-order valence-corrected chi connectivity index (χ1v) is 40.6. The normalized spacial score (nSPS) is 26.3. The van der Waals surface area contributed by atoms with Gasteiger partial charge in [0, 0.05) is 55.7 Å². The molecule has 0 unspecified atom stereocenters. The van der Waals surface area contributed by atoms with Gasteiger partial charge in [0.1, 0.15) is 35.9 Å². The van der Waals surface area contributed by atoms with E-state index in [1.807, 2.05) is 40.7 Å². The number of aromatic nitrogens is 3. The molecular formula is C82H128FN9O18. The Hall–Kier alpha value is -6.34. The van der Waals surface area contributed by atoms with Crippen LogP contribution in [0.3, 0.4) is 0 Å². The van der Waals surface area contributed by atoms with Crippen molar-refractivity contribution < 1.29 is 91.5 Å². The van der Waals surface area contributed by atoms with Gasteiger partial charge in [0.2, 0.25) is 17.7 Å². The Morgan fingerprint density at radius 3 is 1.88 bits per heavy atom. The number of ether oxygens (including phenoxy) is 7. The number of benzene rings is 1. The van der Waals surface area contributed by atoms with Gasteiger partial charge < -0.3 is 85.1 Å². The summed E-state index contributed by atoms with van der Waals surface area (Å²) >= 11 is 0. The van der Waals surface area contributed by atoms with Crippen LogP contribution in [0.2, 0.25) is 0 Å². The van der Waals surface area contributed by atoms with Crippen molar-refractivity contribution in [3.8, 4) is 11.3 Å². The summed E-state index contributed by atoms with van der Waals surface area (Å²) in [5, 5.41) is 54.8. The van der Waals surface area contributed by atoms with Crippen molar-refractivity contribution in [2.75, 3.05) is 105 Å². The highest BCUT2D eigenvalue weighted by Crippen LogP contribution is 2.68. The Bertz CT molecular complexity index is 3510. The van der Waals surface area contributed by atoms with E-state index in [1.54, 1.807) is 32.6 Å². The molecule has 14 atom stereocenters. The third-order valence-corrected chi connectivity index (χ3v) is 25.1. The first-order chi connectivity index (χ1) is 52.3. The van der Waals surface area contributed by atoms with Crippen molar-refractivity contribution in [1.29, 1.82) is 0 Å². The number of nitrogens with two attached hydrogens (primary N) is 1. The summed E-state index contributed by atoms with van der Waals surface area (Å²) in [6.07, 6.45) is 8.34. The van der Waals surface area contributed by atoms with Gasteiger partial charge in [-0.3, -0.25) is 33.6 Å². The van der Waals surface area contributed by atoms with Gasteiger partial charge in [-0.1, -0.05) is 74.7 Å². The van der Waals surface area contributed by atoms with Crippen molar-refractivity contribution in [2.24, 2.45) is 63.9 Å². The maximum Gasteiger partial charge on any atom is 0.308 e. The van der Waals surface area contributed by atoms with Gasteiger partial charge in [0.25, 0.3) is 17.7 Å². The van der Waals surface area contributed by atoms with E-state index in [-0.39, 0.29) is 125 Å². The highest BCUT2D eigenvalue weighted by Gasteiger charge is 2.61. The highest BCUT2D eigenvalue weighted by molar-refractivity contribution is 5.94. The van der Waals surface area contributed by atoms with Gasteiger partial charge in [0.15, 0.2) is 17.9 Å². The first-order valence-electron chi connectivity index (χ1n) is 40.6. The molecule has 616 valence electrons. The summed E-state index contributed by atoms with van der Waals surface area (Å²) in [5.41, 5.74) is 8.12. The lowest BCUT2D eigenvalue weighted by atomic mass is 9.44. The number of imidazole rings is 1. The van der Waals surface area contributed by atoms with Crippen molar-refractivity contribution in [1.82, 2.24) is 40.3 Å². The third kappa shape index (κ3) is 23.0. The van der Waals surface area contributed by atoms with Crippen molar-refractivity contribution in [3.05, 3.63) is 53.6 Å². The largest absolute Gasteiger partial charge is 0.462 e. The van der Waals surface area contributed by atoms with Crippen LogP contribution >= 0.6 is 0 Å². The molecule has 9 N–H and O–H groups in total. The van der Waals surface area contributed by atoms with E-state index in [1.165, 1.54) is 69.9 Å². The zero-order chi connectivity index (χ0) is 79.7.